The lowest BCUT2D eigenvalue weighted by atomic mass is 10.1. The number of rotatable bonds is 6. The fourth-order valence-electron chi connectivity index (χ4n) is 2.25. The first-order chi connectivity index (χ1) is 10.3. The number of hydrogen-bond donors (Lipinski definition) is 3. The molecule has 5 nitrogen and oxygen atoms in total. The predicted molar refractivity (Wildman–Crippen MR) is 80.7 cm³/mol. The molecule has 0 unspecified atom stereocenters. The smallest absolute Gasteiger partial charge is 0.315 e. The predicted octanol–water partition coefficient (Wildman–Crippen LogP) is 1.71. The molecule has 1 aliphatic rings. The zero-order valence-corrected chi connectivity index (χ0v) is 12.1. The first kappa shape index (κ1) is 15.5. The van der Waals surface area contributed by atoms with Gasteiger partial charge in [0, 0.05) is 13.1 Å². The van der Waals surface area contributed by atoms with Crippen LogP contribution in [0.4, 0.5) is 4.79 Å². The lowest BCUT2D eigenvalue weighted by Gasteiger charge is -2.14. The second-order valence-corrected chi connectivity index (χ2v) is 4.97. The van der Waals surface area contributed by atoms with Gasteiger partial charge in [0.2, 0.25) is 0 Å². The average molecular weight is 290 g/mol. The van der Waals surface area contributed by atoms with Gasteiger partial charge in [0.05, 0.1) is 19.8 Å². The summed E-state index contributed by atoms with van der Waals surface area (Å²) >= 11 is 0. The topological polar surface area (TPSA) is 70.6 Å². The Morgan fingerprint density at radius 3 is 2.76 bits per heavy atom. The van der Waals surface area contributed by atoms with E-state index in [-0.39, 0.29) is 12.6 Å². The SMILES string of the molecule is O=C(NCCC1=CCOCC1)NCc1ccccc1CO. The number of aliphatic hydroxyl groups is 1. The van der Waals surface area contributed by atoms with Gasteiger partial charge in [-0.2, -0.15) is 0 Å². The molecular formula is C16H22N2O3. The lowest BCUT2D eigenvalue weighted by molar-refractivity contribution is 0.153. The maximum absolute atomic E-state index is 11.7. The summed E-state index contributed by atoms with van der Waals surface area (Å²) in [6.45, 7) is 2.48. The van der Waals surface area contributed by atoms with Gasteiger partial charge in [0.1, 0.15) is 0 Å². The van der Waals surface area contributed by atoms with Gasteiger partial charge < -0.3 is 20.5 Å². The van der Waals surface area contributed by atoms with E-state index in [2.05, 4.69) is 16.7 Å². The van der Waals surface area contributed by atoms with Crippen molar-refractivity contribution >= 4 is 6.03 Å². The zero-order valence-electron chi connectivity index (χ0n) is 12.1. The molecule has 0 fully saturated rings. The summed E-state index contributed by atoms with van der Waals surface area (Å²) in [6, 6.07) is 7.34. The van der Waals surface area contributed by atoms with E-state index < -0.39 is 0 Å². The van der Waals surface area contributed by atoms with Gasteiger partial charge in [0.25, 0.3) is 0 Å². The van der Waals surface area contributed by atoms with Crippen LogP contribution in [0.15, 0.2) is 35.9 Å². The second-order valence-electron chi connectivity index (χ2n) is 4.97. The highest BCUT2D eigenvalue weighted by Gasteiger charge is 2.06. The Hall–Kier alpha value is -1.85. The van der Waals surface area contributed by atoms with Crippen LogP contribution in [0.2, 0.25) is 0 Å². The van der Waals surface area contributed by atoms with Gasteiger partial charge in [-0.05, 0) is 24.0 Å². The van der Waals surface area contributed by atoms with E-state index in [9.17, 15) is 9.90 Å². The number of nitrogens with one attached hydrogen (secondary N) is 2. The van der Waals surface area contributed by atoms with Crippen LogP contribution in [-0.2, 0) is 17.9 Å². The van der Waals surface area contributed by atoms with Crippen molar-refractivity contribution in [3.8, 4) is 0 Å². The van der Waals surface area contributed by atoms with Crippen LogP contribution in [0.1, 0.15) is 24.0 Å². The van der Waals surface area contributed by atoms with E-state index >= 15 is 0 Å². The van der Waals surface area contributed by atoms with Crippen molar-refractivity contribution in [3.63, 3.8) is 0 Å². The van der Waals surface area contributed by atoms with Gasteiger partial charge in [-0.25, -0.2) is 4.79 Å². The Bertz CT molecular complexity index is 500. The summed E-state index contributed by atoms with van der Waals surface area (Å²) in [5.41, 5.74) is 3.11. The Kier molecular flexibility index (Phi) is 6.24. The monoisotopic (exact) mass is 290 g/mol. The van der Waals surface area contributed by atoms with E-state index in [1.54, 1.807) is 0 Å². The Balaban J connectivity index is 1.68. The van der Waals surface area contributed by atoms with Crippen molar-refractivity contribution in [2.75, 3.05) is 19.8 Å². The standard InChI is InChI=1S/C16H22N2O3/c19-12-15-4-2-1-3-14(15)11-18-16(20)17-8-5-13-6-9-21-10-7-13/h1-4,6,19H,5,7-12H2,(H2,17,18,20). The van der Waals surface area contributed by atoms with Crippen LogP contribution < -0.4 is 10.6 Å². The van der Waals surface area contributed by atoms with Crippen molar-refractivity contribution in [1.29, 1.82) is 0 Å². The second kappa shape index (κ2) is 8.44. The number of benzene rings is 1. The van der Waals surface area contributed by atoms with Crippen LogP contribution >= 0.6 is 0 Å². The number of urea groups is 1. The number of carbonyl (C=O) groups excluding carboxylic acids is 1. The summed E-state index contributed by atoms with van der Waals surface area (Å²) in [7, 11) is 0. The number of aliphatic hydroxyl groups excluding tert-OH is 1. The highest BCUT2D eigenvalue weighted by molar-refractivity contribution is 5.73. The maximum Gasteiger partial charge on any atom is 0.315 e. The normalized spacial score (nSPS) is 14.4. The minimum absolute atomic E-state index is 0.0182. The van der Waals surface area contributed by atoms with Gasteiger partial charge in [0.15, 0.2) is 0 Å². The quantitative estimate of drug-likeness (QED) is 0.699. The molecule has 0 aliphatic carbocycles. The van der Waals surface area contributed by atoms with Crippen LogP contribution in [0.5, 0.6) is 0 Å². The average Bonchev–Trinajstić information content (AvgIpc) is 2.54. The van der Waals surface area contributed by atoms with E-state index in [0.717, 1.165) is 30.6 Å². The minimum atomic E-state index is -0.185. The van der Waals surface area contributed by atoms with Crippen LogP contribution in [-0.4, -0.2) is 30.9 Å². The largest absolute Gasteiger partial charge is 0.392 e. The molecule has 0 saturated heterocycles. The van der Waals surface area contributed by atoms with Gasteiger partial charge >= 0.3 is 6.03 Å². The third-order valence-corrected chi connectivity index (χ3v) is 3.52. The summed E-state index contributed by atoms with van der Waals surface area (Å²) in [4.78, 5) is 11.7. The Morgan fingerprint density at radius 2 is 2.05 bits per heavy atom. The molecule has 3 N–H and O–H groups in total. The molecule has 0 bridgehead atoms. The first-order valence-electron chi connectivity index (χ1n) is 7.24. The summed E-state index contributed by atoms with van der Waals surface area (Å²) in [5, 5.41) is 14.9. The van der Waals surface area contributed by atoms with Crippen molar-refractivity contribution in [2.45, 2.75) is 26.0 Å². The third kappa shape index (κ3) is 5.21. The molecule has 2 amide bonds. The molecule has 0 spiro atoms. The van der Waals surface area contributed by atoms with Crippen molar-refractivity contribution in [2.24, 2.45) is 0 Å². The van der Waals surface area contributed by atoms with Gasteiger partial charge in [-0.3, -0.25) is 0 Å². The maximum atomic E-state index is 11.7. The highest BCUT2D eigenvalue weighted by Crippen LogP contribution is 2.10. The third-order valence-electron chi connectivity index (χ3n) is 3.52. The number of hydrogen-bond acceptors (Lipinski definition) is 3. The molecule has 1 aromatic rings. The molecule has 0 radical (unpaired) electrons. The van der Waals surface area contributed by atoms with E-state index in [0.29, 0.717) is 19.7 Å². The molecule has 114 valence electrons. The van der Waals surface area contributed by atoms with Crippen LogP contribution in [0.25, 0.3) is 0 Å². The molecule has 21 heavy (non-hydrogen) atoms. The summed E-state index contributed by atoms with van der Waals surface area (Å²) in [5.74, 6) is 0. The number of amides is 2. The molecule has 5 heteroatoms. The number of carbonyl (C=O) groups is 1. The minimum Gasteiger partial charge on any atom is -0.392 e. The molecule has 1 aliphatic heterocycles. The fourth-order valence-corrected chi connectivity index (χ4v) is 2.25. The molecular weight excluding hydrogens is 268 g/mol. The summed E-state index contributed by atoms with van der Waals surface area (Å²) in [6.07, 6.45) is 3.90. The van der Waals surface area contributed by atoms with Crippen molar-refractivity contribution in [1.82, 2.24) is 10.6 Å². The molecule has 0 saturated carbocycles. The van der Waals surface area contributed by atoms with E-state index in [1.165, 1.54) is 5.57 Å². The van der Waals surface area contributed by atoms with Crippen LogP contribution in [0, 0.1) is 0 Å². The highest BCUT2D eigenvalue weighted by atomic mass is 16.5. The van der Waals surface area contributed by atoms with Crippen LogP contribution in [0.3, 0.4) is 0 Å². The van der Waals surface area contributed by atoms with Crippen molar-refractivity contribution in [3.05, 3.63) is 47.0 Å². The first-order valence-corrected chi connectivity index (χ1v) is 7.24. The summed E-state index contributed by atoms with van der Waals surface area (Å²) < 4.78 is 5.24. The number of ether oxygens (including phenoxy) is 1. The molecule has 1 heterocycles. The lowest BCUT2D eigenvalue weighted by Crippen LogP contribution is -2.36. The van der Waals surface area contributed by atoms with E-state index in [4.69, 9.17) is 4.74 Å². The molecule has 0 aromatic heterocycles. The van der Waals surface area contributed by atoms with Gasteiger partial charge in [-0.1, -0.05) is 35.9 Å². The molecule has 0 atom stereocenters. The fraction of sp³-hybridized carbons (Fsp3) is 0.438. The Morgan fingerprint density at radius 1 is 1.24 bits per heavy atom. The van der Waals surface area contributed by atoms with Gasteiger partial charge in [-0.15, -0.1) is 0 Å². The zero-order chi connectivity index (χ0) is 14.9. The van der Waals surface area contributed by atoms with Crippen molar-refractivity contribution < 1.29 is 14.6 Å². The molecule has 2 rings (SSSR count). The Labute approximate surface area is 125 Å². The molecule has 1 aromatic carbocycles. The van der Waals surface area contributed by atoms with E-state index in [1.807, 2.05) is 24.3 Å².